The Labute approximate surface area is 107 Å². The van der Waals surface area contributed by atoms with E-state index in [-0.39, 0.29) is 18.6 Å². The van der Waals surface area contributed by atoms with Gasteiger partial charge in [0, 0.05) is 13.2 Å². The molecule has 3 N–H and O–H groups in total. The van der Waals surface area contributed by atoms with E-state index in [4.69, 9.17) is 9.84 Å². The highest BCUT2D eigenvalue weighted by Gasteiger charge is 2.18. The van der Waals surface area contributed by atoms with Gasteiger partial charge in [-0.2, -0.15) is 0 Å². The molecule has 2 atom stereocenters. The van der Waals surface area contributed by atoms with Crippen molar-refractivity contribution in [3.8, 4) is 0 Å². The van der Waals surface area contributed by atoms with E-state index in [0.29, 0.717) is 13.0 Å². The highest BCUT2D eigenvalue weighted by atomic mass is 16.5. The Bertz CT molecular complexity index is 277. The molecule has 0 radical (unpaired) electrons. The molecule has 1 rings (SSSR count). The fraction of sp³-hybridized carbons (Fsp3) is 0.833. The van der Waals surface area contributed by atoms with Crippen LogP contribution in [0.15, 0.2) is 0 Å². The van der Waals surface area contributed by atoms with Crippen LogP contribution in [0.25, 0.3) is 0 Å². The summed E-state index contributed by atoms with van der Waals surface area (Å²) in [5.41, 5.74) is 0. The molecular weight excluding hydrogens is 236 g/mol. The molecule has 1 saturated heterocycles. The molecule has 1 amide bonds. The van der Waals surface area contributed by atoms with Crippen LogP contribution in [0.2, 0.25) is 0 Å². The standard InChI is InChI=1S/C12H22N2O4/c1-2-4-10(12(16)17)13-8-11(15)14-7-9-5-3-6-18-9/h9-10,13H,2-8H2,1H3,(H,14,15)(H,16,17). The zero-order chi connectivity index (χ0) is 13.4. The Kier molecular flexibility index (Phi) is 6.67. The normalized spacial score (nSPS) is 20.6. The monoisotopic (exact) mass is 258 g/mol. The third-order valence-corrected chi connectivity index (χ3v) is 2.94. The number of amides is 1. The van der Waals surface area contributed by atoms with Gasteiger partial charge in [0.05, 0.1) is 12.6 Å². The molecule has 1 heterocycles. The fourth-order valence-corrected chi connectivity index (χ4v) is 1.91. The van der Waals surface area contributed by atoms with Gasteiger partial charge in [0.1, 0.15) is 6.04 Å². The first-order valence-corrected chi connectivity index (χ1v) is 6.48. The first-order chi connectivity index (χ1) is 8.63. The van der Waals surface area contributed by atoms with E-state index in [1.54, 1.807) is 0 Å². The van der Waals surface area contributed by atoms with Gasteiger partial charge in [-0.1, -0.05) is 13.3 Å². The summed E-state index contributed by atoms with van der Waals surface area (Å²) in [5, 5.41) is 14.4. The van der Waals surface area contributed by atoms with Gasteiger partial charge in [0.2, 0.25) is 5.91 Å². The summed E-state index contributed by atoms with van der Waals surface area (Å²) in [6.45, 7) is 3.21. The minimum Gasteiger partial charge on any atom is -0.480 e. The van der Waals surface area contributed by atoms with Gasteiger partial charge < -0.3 is 15.2 Å². The number of ether oxygens (including phenoxy) is 1. The molecule has 18 heavy (non-hydrogen) atoms. The summed E-state index contributed by atoms with van der Waals surface area (Å²) in [7, 11) is 0. The Morgan fingerprint density at radius 3 is 2.83 bits per heavy atom. The summed E-state index contributed by atoms with van der Waals surface area (Å²) in [4.78, 5) is 22.4. The lowest BCUT2D eigenvalue weighted by Crippen LogP contribution is -2.44. The van der Waals surface area contributed by atoms with Crippen LogP contribution in [0.4, 0.5) is 0 Å². The first kappa shape index (κ1) is 14.9. The maximum Gasteiger partial charge on any atom is 0.320 e. The molecule has 0 aliphatic carbocycles. The largest absolute Gasteiger partial charge is 0.480 e. The molecule has 0 saturated carbocycles. The van der Waals surface area contributed by atoms with Gasteiger partial charge in [-0.05, 0) is 19.3 Å². The number of carboxylic acids is 1. The quantitative estimate of drug-likeness (QED) is 0.576. The predicted molar refractivity (Wildman–Crippen MR) is 66.3 cm³/mol. The van der Waals surface area contributed by atoms with Crippen LogP contribution in [0.3, 0.4) is 0 Å². The van der Waals surface area contributed by atoms with E-state index in [1.807, 2.05) is 6.92 Å². The zero-order valence-electron chi connectivity index (χ0n) is 10.8. The van der Waals surface area contributed by atoms with E-state index in [9.17, 15) is 9.59 Å². The number of rotatable bonds is 8. The van der Waals surface area contributed by atoms with Crippen LogP contribution < -0.4 is 10.6 Å². The second kappa shape index (κ2) is 8.05. The van der Waals surface area contributed by atoms with Crippen molar-refractivity contribution in [2.24, 2.45) is 0 Å². The maximum atomic E-state index is 11.5. The lowest BCUT2D eigenvalue weighted by Gasteiger charge is -2.14. The minimum atomic E-state index is -0.913. The van der Waals surface area contributed by atoms with Crippen LogP contribution in [-0.4, -0.2) is 48.8 Å². The number of carboxylic acid groups (broad SMARTS) is 1. The third-order valence-electron chi connectivity index (χ3n) is 2.94. The molecule has 1 fully saturated rings. The maximum absolute atomic E-state index is 11.5. The Hall–Kier alpha value is -1.14. The van der Waals surface area contributed by atoms with Crippen LogP contribution in [0, 0.1) is 0 Å². The molecule has 6 heteroatoms. The Morgan fingerprint density at radius 2 is 2.28 bits per heavy atom. The van der Waals surface area contributed by atoms with Crippen molar-refractivity contribution in [3.63, 3.8) is 0 Å². The third kappa shape index (κ3) is 5.46. The van der Waals surface area contributed by atoms with Gasteiger partial charge in [0.25, 0.3) is 0 Å². The highest BCUT2D eigenvalue weighted by Crippen LogP contribution is 2.10. The van der Waals surface area contributed by atoms with Gasteiger partial charge in [-0.25, -0.2) is 0 Å². The molecule has 0 bridgehead atoms. The van der Waals surface area contributed by atoms with E-state index >= 15 is 0 Å². The molecule has 6 nitrogen and oxygen atoms in total. The highest BCUT2D eigenvalue weighted by molar-refractivity contribution is 5.79. The first-order valence-electron chi connectivity index (χ1n) is 6.48. The van der Waals surface area contributed by atoms with Crippen LogP contribution in [0.1, 0.15) is 32.6 Å². The van der Waals surface area contributed by atoms with Crippen LogP contribution in [0.5, 0.6) is 0 Å². The SMILES string of the molecule is CCCC(NCC(=O)NCC1CCCO1)C(=O)O. The average Bonchev–Trinajstić information content (AvgIpc) is 2.84. The number of carbonyl (C=O) groups is 2. The number of carbonyl (C=O) groups excluding carboxylic acids is 1. The zero-order valence-corrected chi connectivity index (χ0v) is 10.8. The summed E-state index contributed by atoms with van der Waals surface area (Å²) < 4.78 is 5.38. The van der Waals surface area contributed by atoms with E-state index in [0.717, 1.165) is 25.9 Å². The van der Waals surface area contributed by atoms with Crippen molar-refractivity contribution in [3.05, 3.63) is 0 Å². The topological polar surface area (TPSA) is 87.7 Å². The van der Waals surface area contributed by atoms with Gasteiger partial charge in [0.15, 0.2) is 0 Å². The number of hydrogen-bond donors (Lipinski definition) is 3. The van der Waals surface area contributed by atoms with Gasteiger partial charge in [-0.15, -0.1) is 0 Å². The van der Waals surface area contributed by atoms with Crippen LogP contribution >= 0.6 is 0 Å². The number of hydrogen-bond acceptors (Lipinski definition) is 4. The molecule has 0 aromatic heterocycles. The molecule has 1 aliphatic rings. The average molecular weight is 258 g/mol. The number of nitrogens with one attached hydrogen (secondary N) is 2. The second-order valence-electron chi connectivity index (χ2n) is 4.50. The molecular formula is C12H22N2O4. The molecule has 0 aromatic rings. The summed E-state index contributed by atoms with van der Waals surface area (Å²) >= 11 is 0. The fourth-order valence-electron chi connectivity index (χ4n) is 1.91. The molecule has 0 spiro atoms. The molecule has 104 valence electrons. The van der Waals surface area contributed by atoms with Crippen molar-refractivity contribution in [1.29, 1.82) is 0 Å². The van der Waals surface area contributed by atoms with Crippen molar-refractivity contribution in [2.45, 2.75) is 44.8 Å². The minimum absolute atomic E-state index is 0.0314. The van der Waals surface area contributed by atoms with Crippen LogP contribution in [-0.2, 0) is 14.3 Å². The van der Waals surface area contributed by atoms with Gasteiger partial charge >= 0.3 is 5.97 Å². The molecule has 0 aromatic carbocycles. The lowest BCUT2D eigenvalue weighted by atomic mass is 10.1. The summed E-state index contributed by atoms with van der Waals surface area (Å²) in [6, 6.07) is -0.650. The van der Waals surface area contributed by atoms with Crippen molar-refractivity contribution >= 4 is 11.9 Å². The Balaban J connectivity index is 2.16. The van der Waals surface area contributed by atoms with Crippen molar-refractivity contribution < 1.29 is 19.4 Å². The second-order valence-corrected chi connectivity index (χ2v) is 4.50. The van der Waals surface area contributed by atoms with Crippen molar-refractivity contribution in [1.82, 2.24) is 10.6 Å². The number of aliphatic carboxylic acids is 1. The van der Waals surface area contributed by atoms with Gasteiger partial charge in [-0.3, -0.25) is 14.9 Å². The summed E-state index contributed by atoms with van der Waals surface area (Å²) in [6.07, 6.45) is 3.41. The molecule has 1 aliphatic heterocycles. The van der Waals surface area contributed by atoms with E-state index < -0.39 is 12.0 Å². The van der Waals surface area contributed by atoms with E-state index in [2.05, 4.69) is 10.6 Å². The molecule has 2 unspecified atom stereocenters. The summed E-state index contributed by atoms with van der Waals surface area (Å²) in [5.74, 6) is -1.10. The smallest absolute Gasteiger partial charge is 0.320 e. The predicted octanol–water partition coefficient (Wildman–Crippen LogP) is 0.125. The van der Waals surface area contributed by atoms with E-state index in [1.165, 1.54) is 0 Å². The van der Waals surface area contributed by atoms with Crippen molar-refractivity contribution in [2.75, 3.05) is 19.7 Å². The lowest BCUT2D eigenvalue weighted by molar-refractivity contribution is -0.139. The Morgan fingerprint density at radius 1 is 1.50 bits per heavy atom.